The molecule has 1 saturated carbocycles. The van der Waals surface area contributed by atoms with E-state index in [0.29, 0.717) is 32.0 Å². The van der Waals surface area contributed by atoms with Gasteiger partial charge in [0.25, 0.3) is 0 Å². The lowest BCUT2D eigenvalue weighted by molar-refractivity contribution is -0.131. The Morgan fingerprint density at radius 3 is 2.75 bits per heavy atom. The Kier molecular flexibility index (Phi) is 6.23. The topological polar surface area (TPSA) is 101 Å². The predicted molar refractivity (Wildman–Crippen MR) is 90.5 cm³/mol. The van der Waals surface area contributed by atoms with Crippen molar-refractivity contribution in [1.82, 2.24) is 15.4 Å². The van der Waals surface area contributed by atoms with E-state index in [2.05, 4.69) is 10.5 Å². The molecular weight excluding hydrogens is 332 g/mol. The number of aromatic nitrogens is 1. The molecule has 24 heavy (non-hydrogen) atoms. The van der Waals surface area contributed by atoms with Crippen molar-refractivity contribution < 1.29 is 14.1 Å². The molecule has 0 aromatic carbocycles. The molecule has 1 aromatic heterocycles. The Balaban J connectivity index is 0.00000208. The van der Waals surface area contributed by atoms with Crippen LogP contribution in [0.4, 0.5) is 0 Å². The standard InChI is InChI=1S/C16H24N4O3.ClH/c1-10(21)20-8-12(4-5-13(17)9-20)16(22)18-7-14-6-15(23-19-14)11-2-3-11;/h6,11-13H,2-5,7-9,17H2,1H3,(H,18,22);1H/t12-,13+;/m1./s1. The van der Waals surface area contributed by atoms with Gasteiger partial charge in [-0.1, -0.05) is 5.16 Å². The number of hydrogen-bond donors (Lipinski definition) is 2. The van der Waals surface area contributed by atoms with Crippen LogP contribution in [0.25, 0.3) is 0 Å². The molecule has 7 nitrogen and oxygen atoms in total. The summed E-state index contributed by atoms with van der Waals surface area (Å²) in [7, 11) is 0. The van der Waals surface area contributed by atoms with Crippen molar-refractivity contribution in [1.29, 1.82) is 0 Å². The first-order valence-electron chi connectivity index (χ1n) is 8.27. The Labute approximate surface area is 147 Å². The third kappa shape index (κ3) is 4.70. The molecule has 2 atom stereocenters. The summed E-state index contributed by atoms with van der Waals surface area (Å²) >= 11 is 0. The summed E-state index contributed by atoms with van der Waals surface area (Å²) < 4.78 is 5.28. The summed E-state index contributed by atoms with van der Waals surface area (Å²) in [6.07, 6.45) is 3.76. The maximum Gasteiger partial charge on any atom is 0.225 e. The van der Waals surface area contributed by atoms with Gasteiger partial charge in [0, 0.05) is 38.0 Å². The van der Waals surface area contributed by atoms with Crippen molar-refractivity contribution in [3.05, 3.63) is 17.5 Å². The minimum Gasteiger partial charge on any atom is -0.361 e. The quantitative estimate of drug-likeness (QED) is 0.843. The Morgan fingerprint density at radius 1 is 1.33 bits per heavy atom. The van der Waals surface area contributed by atoms with E-state index < -0.39 is 0 Å². The number of nitrogens with two attached hydrogens (primary N) is 1. The van der Waals surface area contributed by atoms with Crippen molar-refractivity contribution in [3.63, 3.8) is 0 Å². The van der Waals surface area contributed by atoms with Gasteiger partial charge in [-0.25, -0.2) is 0 Å². The van der Waals surface area contributed by atoms with Crippen LogP contribution in [0.5, 0.6) is 0 Å². The number of nitrogens with zero attached hydrogens (tertiary/aromatic N) is 2. The number of nitrogens with one attached hydrogen (secondary N) is 1. The summed E-state index contributed by atoms with van der Waals surface area (Å²) in [5.74, 6) is 1.12. The Bertz CT molecular complexity index is 588. The molecular formula is C16H25ClN4O3. The molecule has 134 valence electrons. The Morgan fingerprint density at radius 2 is 2.08 bits per heavy atom. The zero-order chi connectivity index (χ0) is 16.4. The molecule has 2 amide bonds. The second-order valence-corrected chi connectivity index (χ2v) is 6.67. The molecule has 8 heteroatoms. The number of carbonyl (C=O) groups excluding carboxylic acids is 2. The van der Waals surface area contributed by atoms with Crippen LogP contribution in [-0.2, 0) is 16.1 Å². The summed E-state index contributed by atoms with van der Waals surface area (Å²) in [6, 6.07) is 1.86. The highest BCUT2D eigenvalue weighted by Gasteiger charge is 2.29. The van der Waals surface area contributed by atoms with Crippen molar-refractivity contribution >= 4 is 24.2 Å². The van der Waals surface area contributed by atoms with Crippen LogP contribution in [0.2, 0.25) is 0 Å². The molecule has 1 aliphatic carbocycles. The van der Waals surface area contributed by atoms with Gasteiger partial charge >= 0.3 is 0 Å². The fraction of sp³-hybridized carbons (Fsp3) is 0.688. The lowest BCUT2D eigenvalue weighted by Gasteiger charge is -2.23. The number of halogens is 1. The first-order valence-corrected chi connectivity index (χ1v) is 8.27. The molecule has 1 aromatic rings. The van der Waals surface area contributed by atoms with Gasteiger partial charge in [0.1, 0.15) is 11.5 Å². The van der Waals surface area contributed by atoms with Crippen molar-refractivity contribution in [3.8, 4) is 0 Å². The van der Waals surface area contributed by atoms with Crippen LogP contribution in [0.15, 0.2) is 10.6 Å². The van der Waals surface area contributed by atoms with E-state index in [4.69, 9.17) is 10.3 Å². The van der Waals surface area contributed by atoms with Crippen molar-refractivity contribution in [2.24, 2.45) is 11.7 Å². The van der Waals surface area contributed by atoms with Crippen LogP contribution in [0, 0.1) is 5.92 Å². The first kappa shape index (κ1) is 18.7. The fourth-order valence-electron chi connectivity index (χ4n) is 2.99. The van der Waals surface area contributed by atoms with Gasteiger partial charge < -0.3 is 20.5 Å². The SMILES string of the molecule is CC(=O)N1C[C@@H](N)CC[C@@H](C(=O)NCc2cc(C3CC3)on2)C1.Cl. The summed E-state index contributed by atoms with van der Waals surface area (Å²) in [5.41, 5.74) is 6.72. The van der Waals surface area contributed by atoms with Gasteiger partial charge in [0.2, 0.25) is 11.8 Å². The van der Waals surface area contributed by atoms with E-state index in [0.717, 1.165) is 30.7 Å². The summed E-state index contributed by atoms with van der Waals surface area (Å²) in [4.78, 5) is 25.7. The lowest BCUT2D eigenvalue weighted by Crippen LogP contribution is -2.42. The van der Waals surface area contributed by atoms with Gasteiger partial charge in [0.05, 0.1) is 12.5 Å². The highest BCUT2D eigenvalue weighted by molar-refractivity contribution is 5.85. The molecule has 2 aliphatic rings. The third-order valence-electron chi connectivity index (χ3n) is 4.60. The average Bonchev–Trinajstić information content (AvgIpc) is 3.29. The maximum atomic E-state index is 12.4. The minimum atomic E-state index is -0.220. The van der Waals surface area contributed by atoms with Gasteiger partial charge in [-0.3, -0.25) is 9.59 Å². The summed E-state index contributed by atoms with van der Waals surface area (Å²) in [6.45, 7) is 2.83. The molecule has 0 unspecified atom stereocenters. The number of rotatable bonds is 4. The highest BCUT2D eigenvalue weighted by atomic mass is 35.5. The molecule has 3 rings (SSSR count). The van der Waals surface area contributed by atoms with Gasteiger partial charge in [-0.05, 0) is 25.7 Å². The van der Waals surface area contributed by atoms with E-state index in [1.807, 2.05) is 6.07 Å². The largest absolute Gasteiger partial charge is 0.361 e. The van der Waals surface area contributed by atoms with Crippen LogP contribution in [0.3, 0.4) is 0 Å². The second-order valence-electron chi connectivity index (χ2n) is 6.67. The van der Waals surface area contributed by atoms with E-state index >= 15 is 0 Å². The third-order valence-corrected chi connectivity index (χ3v) is 4.60. The molecule has 2 fully saturated rings. The smallest absolute Gasteiger partial charge is 0.225 e. The van der Waals surface area contributed by atoms with Crippen molar-refractivity contribution in [2.75, 3.05) is 13.1 Å². The number of carbonyl (C=O) groups is 2. The molecule has 1 aliphatic heterocycles. The summed E-state index contributed by atoms with van der Waals surface area (Å²) in [5, 5.41) is 6.90. The van der Waals surface area contributed by atoms with E-state index in [9.17, 15) is 9.59 Å². The van der Waals surface area contributed by atoms with Gasteiger partial charge in [-0.15, -0.1) is 12.4 Å². The van der Waals surface area contributed by atoms with Crippen LogP contribution in [-0.4, -0.2) is 41.0 Å². The molecule has 0 bridgehead atoms. The number of hydrogen-bond acceptors (Lipinski definition) is 5. The maximum absolute atomic E-state index is 12.4. The number of amides is 2. The zero-order valence-corrected chi connectivity index (χ0v) is 14.7. The minimum absolute atomic E-state index is 0. The second kappa shape index (κ2) is 7.98. The first-order chi connectivity index (χ1) is 11.0. The molecule has 0 spiro atoms. The zero-order valence-electron chi connectivity index (χ0n) is 13.9. The van der Waals surface area contributed by atoms with Crippen LogP contribution < -0.4 is 11.1 Å². The number of likely N-dealkylation sites (tertiary alicyclic amines) is 1. The fourth-order valence-corrected chi connectivity index (χ4v) is 2.99. The van der Waals surface area contributed by atoms with Gasteiger partial charge in [-0.2, -0.15) is 0 Å². The van der Waals surface area contributed by atoms with Gasteiger partial charge in [0.15, 0.2) is 0 Å². The van der Waals surface area contributed by atoms with E-state index in [1.54, 1.807) is 4.90 Å². The van der Waals surface area contributed by atoms with E-state index in [1.165, 1.54) is 6.92 Å². The molecule has 1 saturated heterocycles. The normalized spacial score (nSPS) is 24.0. The van der Waals surface area contributed by atoms with Crippen LogP contribution >= 0.6 is 12.4 Å². The lowest BCUT2D eigenvalue weighted by atomic mass is 10.0. The van der Waals surface area contributed by atoms with Crippen LogP contribution in [0.1, 0.15) is 50.0 Å². The predicted octanol–water partition coefficient (Wildman–Crippen LogP) is 1.18. The van der Waals surface area contributed by atoms with E-state index in [-0.39, 0.29) is 36.2 Å². The molecule has 3 N–H and O–H groups in total. The highest BCUT2D eigenvalue weighted by Crippen LogP contribution is 2.40. The molecule has 0 radical (unpaired) electrons. The van der Waals surface area contributed by atoms with Crippen molar-refractivity contribution in [2.45, 2.75) is 51.1 Å². The monoisotopic (exact) mass is 356 g/mol. The molecule has 2 heterocycles. The Hall–Kier alpha value is -1.60. The average molecular weight is 357 g/mol.